The van der Waals surface area contributed by atoms with Gasteiger partial charge in [0.1, 0.15) is 11.6 Å². The smallest absolute Gasteiger partial charge is 0.133 e. The minimum Gasteiger partial charge on any atom is -0.391 e. The van der Waals surface area contributed by atoms with E-state index in [1.54, 1.807) is 0 Å². The topological polar surface area (TPSA) is 68.3 Å². The molecule has 6 nitrogen and oxygen atoms in total. The van der Waals surface area contributed by atoms with Crippen molar-refractivity contribution < 1.29 is 5.11 Å². The fourth-order valence-electron chi connectivity index (χ4n) is 4.02. The third-order valence-electron chi connectivity index (χ3n) is 5.34. The normalized spacial score (nSPS) is 17.6. The van der Waals surface area contributed by atoms with E-state index < -0.39 is 0 Å². The minimum absolute atomic E-state index is 0.277. The number of aliphatic hydroxyl groups excluding tert-OH is 1. The summed E-state index contributed by atoms with van der Waals surface area (Å²) in [5.74, 6) is 1.97. The molecule has 2 aromatic heterocycles. The zero-order chi connectivity index (χ0) is 19.7. The summed E-state index contributed by atoms with van der Waals surface area (Å²) in [4.78, 5) is 17.2. The molecule has 6 heteroatoms. The molecule has 0 spiro atoms. The number of aliphatic hydroxyl groups is 1. The van der Waals surface area contributed by atoms with E-state index >= 15 is 0 Å². The first-order chi connectivity index (χ1) is 13.5. The summed E-state index contributed by atoms with van der Waals surface area (Å²) in [6.07, 6.45) is 3.46. The molecule has 0 unspecified atom stereocenters. The molecular formula is C22H29N5O. The first-order valence-electron chi connectivity index (χ1n) is 10.0. The van der Waals surface area contributed by atoms with Crippen LogP contribution in [0.1, 0.15) is 35.5 Å². The number of hydrogen-bond acceptors (Lipinski definition) is 5. The van der Waals surface area contributed by atoms with E-state index in [9.17, 15) is 5.11 Å². The van der Waals surface area contributed by atoms with Crippen LogP contribution in [0.25, 0.3) is 10.9 Å². The highest BCUT2D eigenvalue weighted by atomic mass is 16.3. The van der Waals surface area contributed by atoms with Crippen LogP contribution >= 0.6 is 0 Å². The molecule has 0 bridgehead atoms. The fourth-order valence-corrected chi connectivity index (χ4v) is 4.02. The second-order valence-electron chi connectivity index (χ2n) is 8.09. The maximum Gasteiger partial charge on any atom is 0.133 e. The number of hydrogen-bond donors (Lipinski definition) is 2. The second kappa shape index (κ2) is 7.89. The number of fused-ring (bicyclic) bond motifs is 1. The SMILES string of the molecule is Cc1ccc2nc(N3CCC[C@H](O)C3)c(CN(C)Cc3ncc(C)[nH]3)cc2c1. The van der Waals surface area contributed by atoms with E-state index in [-0.39, 0.29) is 6.10 Å². The quantitative estimate of drug-likeness (QED) is 0.713. The minimum atomic E-state index is -0.277. The van der Waals surface area contributed by atoms with Gasteiger partial charge in [0.05, 0.1) is 18.2 Å². The van der Waals surface area contributed by atoms with E-state index in [1.807, 2.05) is 13.1 Å². The Morgan fingerprint density at radius 3 is 2.86 bits per heavy atom. The summed E-state index contributed by atoms with van der Waals surface area (Å²) in [6.45, 7) is 7.25. The molecule has 0 radical (unpaired) electrons. The molecule has 1 aliphatic rings. The molecular weight excluding hydrogens is 350 g/mol. The average molecular weight is 380 g/mol. The van der Waals surface area contributed by atoms with Crippen molar-refractivity contribution in [1.82, 2.24) is 19.9 Å². The van der Waals surface area contributed by atoms with Crippen LogP contribution in [0.3, 0.4) is 0 Å². The molecule has 1 aromatic carbocycles. The average Bonchev–Trinajstić information content (AvgIpc) is 3.05. The molecule has 4 rings (SSSR count). The molecule has 1 aliphatic heterocycles. The number of aryl methyl sites for hydroxylation is 2. The molecule has 0 saturated carbocycles. The van der Waals surface area contributed by atoms with Gasteiger partial charge in [-0.3, -0.25) is 4.90 Å². The number of pyridine rings is 1. The van der Waals surface area contributed by atoms with Crippen LogP contribution in [0.15, 0.2) is 30.5 Å². The Kier molecular flexibility index (Phi) is 5.33. The first kappa shape index (κ1) is 18.9. The maximum absolute atomic E-state index is 10.2. The van der Waals surface area contributed by atoms with Crippen LogP contribution < -0.4 is 4.90 Å². The summed E-state index contributed by atoms with van der Waals surface area (Å²) in [5.41, 5.74) is 4.52. The Morgan fingerprint density at radius 1 is 1.25 bits per heavy atom. The first-order valence-corrected chi connectivity index (χ1v) is 10.0. The summed E-state index contributed by atoms with van der Waals surface area (Å²) in [6, 6.07) is 8.65. The zero-order valence-corrected chi connectivity index (χ0v) is 16.9. The van der Waals surface area contributed by atoms with Crippen LogP contribution in [0.4, 0.5) is 5.82 Å². The maximum atomic E-state index is 10.2. The molecule has 1 fully saturated rings. The number of nitrogens with one attached hydrogen (secondary N) is 1. The van der Waals surface area contributed by atoms with Gasteiger partial charge in [-0.1, -0.05) is 11.6 Å². The highest BCUT2D eigenvalue weighted by Crippen LogP contribution is 2.28. The predicted octanol–water partition coefficient (Wildman–Crippen LogP) is 3.17. The number of H-pyrrole nitrogens is 1. The van der Waals surface area contributed by atoms with Crippen LogP contribution in [-0.4, -0.2) is 51.2 Å². The van der Waals surface area contributed by atoms with Gasteiger partial charge in [-0.2, -0.15) is 0 Å². The summed E-state index contributed by atoms with van der Waals surface area (Å²) < 4.78 is 0. The molecule has 28 heavy (non-hydrogen) atoms. The van der Waals surface area contributed by atoms with Gasteiger partial charge in [-0.15, -0.1) is 0 Å². The lowest BCUT2D eigenvalue weighted by Gasteiger charge is -2.33. The van der Waals surface area contributed by atoms with E-state index in [2.05, 4.69) is 58.0 Å². The number of piperidine rings is 1. The van der Waals surface area contributed by atoms with Crippen molar-refractivity contribution in [2.24, 2.45) is 0 Å². The Bertz CT molecular complexity index is 967. The van der Waals surface area contributed by atoms with Crippen molar-refractivity contribution >= 4 is 16.7 Å². The molecule has 2 N–H and O–H groups in total. The summed E-state index contributed by atoms with van der Waals surface area (Å²) in [7, 11) is 2.10. The van der Waals surface area contributed by atoms with E-state index in [4.69, 9.17) is 4.98 Å². The number of nitrogens with zero attached hydrogens (tertiary/aromatic N) is 4. The monoisotopic (exact) mass is 379 g/mol. The summed E-state index contributed by atoms with van der Waals surface area (Å²) >= 11 is 0. The lowest BCUT2D eigenvalue weighted by molar-refractivity contribution is 0.153. The van der Waals surface area contributed by atoms with Crippen molar-refractivity contribution in [2.45, 2.75) is 45.9 Å². The number of β-amino-alcohol motifs (C(OH)–C–C–N with tert-alkyl or cyclic N) is 1. The zero-order valence-electron chi connectivity index (χ0n) is 16.9. The lowest BCUT2D eigenvalue weighted by atomic mass is 10.1. The Labute approximate surface area is 166 Å². The van der Waals surface area contributed by atoms with E-state index in [1.165, 1.54) is 16.5 Å². The van der Waals surface area contributed by atoms with Gasteiger partial charge in [-0.05, 0) is 51.9 Å². The third kappa shape index (κ3) is 4.18. The Morgan fingerprint density at radius 2 is 2.11 bits per heavy atom. The number of anilines is 1. The van der Waals surface area contributed by atoms with Gasteiger partial charge in [0.2, 0.25) is 0 Å². The van der Waals surface area contributed by atoms with Crippen molar-refractivity contribution in [3.05, 3.63) is 53.1 Å². The Hall–Kier alpha value is -2.44. The second-order valence-corrected chi connectivity index (χ2v) is 8.09. The number of benzene rings is 1. The molecule has 1 atom stereocenters. The lowest BCUT2D eigenvalue weighted by Crippen LogP contribution is -2.39. The van der Waals surface area contributed by atoms with Crippen LogP contribution in [0.5, 0.6) is 0 Å². The molecule has 0 amide bonds. The van der Waals surface area contributed by atoms with E-state index in [0.29, 0.717) is 6.54 Å². The molecule has 148 valence electrons. The van der Waals surface area contributed by atoms with Crippen LogP contribution in [-0.2, 0) is 13.1 Å². The van der Waals surface area contributed by atoms with E-state index in [0.717, 1.165) is 55.3 Å². The summed E-state index contributed by atoms with van der Waals surface area (Å²) in [5, 5.41) is 11.3. The van der Waals surface area contributed by atoms with Gasteiger partial charge in [-0.25, -0.2) is 9.97 Å². The van der Waals surface area contributed by atoms with Crippen molar-refractivity contribution in [3.63, 3.8) is 0 Å². The largest absolute Gasteiger partial charge is 0.391 e. The highest BCUT2D eigenvalue weighted by molar-refractivity contribution is 5.82. The molecule has 3 aromatic rings. The van der Waals surface area contributed by atoms with Gasteiger partial charge in [0, 0.05) is 42.5 Å². The number of aromatic nitrogens is 3. The standard InChI is InChI=1S/C22H29N5O/c1-15-6-7-20-17(9-15)10-18(12-26(3)14-21-23-11-16(2)24-21)22(25-20)27-8-4-5-19(28)13-27/h6-7,9-11,19,28H,4-5,8,12-14H2,1-3H3,(H,23,24)/t19-/m0/s1. The van der Waals surface area contributed by atoms with Crippen LogP contribution in [0, 0.1) is 13.8 Å². The van der Waals surface area contributed by atoms with Crippen molar-refractivity contribution in [3.8, 4) is 0 Å². The van der Waals surface area contributed by atoms with Crippen molar-refractivity contribution in [2.75, 3.05) is 25.0 Å². The van der Waals surface area contributed by atoms with Crippen molar-refractivity contribution in [1.29, 1.82) is 0 Å². The highest BCUT2D eigenvalue weighted by Gasteiger charge is 2.22. The number of aromatic amines is 1. The number of rotatable bonds is 5. The van der Waals surface area contributed by atoms with Gasteiger partial charge in [0.15, 0.2) is 0 Å². The molecule has 0 aliphatic carbocycles. The molecule has 1 saturated heterocycles. The Balaban J connectivity index is 1.66. The fraction of sp³-hybridized carbons (Fsp3) is 0.455. The predicted molar refractivity (Wildman–Crippen MR) is 112 cm³/mol. The third-order valence-corrected chi connectivity index (χ3v) is 5.34. The van der Waals surface area contributed by atoms with Gasteiger partial charge < -0.3 is 15.0 Å². The number of imidazole rings is 1. The molecule has 3 heterocycles. The van der Waals surface area contributed by atoms with Crippen LogP contribution in [0.2, 0.25) is 0 Å². The van der Waals surface area contributed by atoms with Gasteiger partial charge in [0.25, 0.3) is 0 Å². The van der Waals surface area contributed by atoms with Gasteiger partial charge >= 0.3 is 0 Å².